The minimum Gasteiger partial charge on any atom is -0.355 e. The van der Waals surface area contributed by atoms with Crippen molar-refractivity contribution in [3.8, 4) is 0 Å². The SMILES string of the molecule is CN=C(NCCNC(=O)c1ccccc1)NCc1ccccc1.I. The summed E-state index contributed by atoms with van der Waals surface area (Å²) in [5.41, 5.74) is 1.85. The minimum atomic E-state index is -0.0698. The quantitative estimate of drug-likeness (QED) is 0.281. The van der Waals surface area contributed by atoms with Crippen LogP contribution in [0.4, 0.5) is 0 Å². The number of hydrogen-bond donors (Lipinski definition) is 3. The van der Waals surface area contributed by atoms with Crippen LogP contribution in [0.15, 0.2) is 65.7 Å². The Morgan fingerprint density at radius 1 is 0.875 bits per heavy atom. The Kier molecular flexibility index (Phi) is 9.52. The van der Waals surface area contributed by atoms with Gasteiger partial charge >= 0.3 is 0 Å². The molecule has 24 heavy (non-hydrogen) atoms. The lowest BCUT2D eigenvalue weighted by Gasteiger charge is -2.12. The standard InChI is InChI=1S/C18H22N4O.HI/c1-19-18(22-14-15-8-4-2-5-9-15)21-13-12-20-17(23)16-10-6-3-7-11-16;/h2-11H,12-14H2,1H3,(H,20,23)(H2,19,21,22);1H. The van der Waals surface area contributed by atoms with Gasteiger partial charge in [-0.05, 0) is 17.7 Å². The topological polar surface area (TPSA) is 65.5 Å². The molecule has 2 aromatic rings. The number of carbonyl (C=O) groups is 1. The van der Waals surface area contributed by atoms with E-state index in [2.05, 4.69) is 33.1 Å². The Morgan fingerprint density at radius 2 is 1.46 bits per heavy atom. The highest BCUT2D eigenvalue weighted by Gasteiger charge is 2.03. The third-order valence-electron chi connectivity index (χ3n) is 3.27. The second-order valence-corrected chi connectivity index (χ2v) is 4.96. The molecule has 0 aromatic heterocycles. The van der Waals surface area contributed by atoms with Crippen molar-refractivity contribution in [2.45, 2.75) is 6.54 Å². The predicted molar refractivity (Wildman–Crippen MR) is 109 cm³/mol. The van der Waals surface area contributed by atoms with Crippen LogP contribution in [0.1, 0.15) is 15.9 Å². The number of benzene rings is 2. The predicted octanol–water partition coefficient (Wildman–Crippen LogP) is 2.40. The van der Waals surface area contributed by atoms with Gasteiger partial charge in [0.1, 0.15) is 0 Å². The molecule has 0 heterocycles. The maximum Gasteiger partial charge on any atom is 0.251 e. The number of amides is 1. The van der Waals surface area contributed by atoms with Crippen molar-refractivity contribution < 1.29 is 4.79 Å². The number of carbonyl (C=O) groups excluding carboxylic acids is 1. The van der Waals surface area contributed by atoms with E-state index in [9.17, 15) is 4.79 Å². The maximum atomic E-state index is 11.9. The molecule has 0 saturated carbocycles. The molecule has 0 aliphatic heterocycles. The van der Waals surface area contributed by atoms with Crippen LogP contribution < -0.4 is 16.0 Å². The van der Waals surface area contributed by atoms with Crippen LogP contribution in [0.5, 0.6) is 0 Å². The lowest BCUT2D eigenvalue weighted by molar-refractivity contribution is 0.0954. The number of halogens is 1. The zero-order valence-electron chi connectivity index (χ0n) is 13.7. The molecule has 0 aliphatic rings. The van der Waals surface area contributed by atoms with Crippen LogP contribution in [0, 0.1) is 0 Å². The summed E-state index contributed by atoms with van der Waals surface area (Å²) in [6, 6.07) is 19.3. The molecule has 128 valence electrons. The third kappa shape index (κ3) is 6.99. The Balaban J connectivity index is 0.00000288. The average Bonchev–Trinajstić information content (AvgIpc) is 2.62. The summed E-state index contributed by atoms with van der Waals surface area (Å²) in [7, 11) is 1.73. The highest BCUT2D eigenvalue weighted by atomic mass is 127. The van der Waals surface area contributed by atoms with E-state index in [0.29, 0.717) is 31.2 Å². The normalized spacial score (nSPS) is 10.5. The van der Waals surface area contributed by atoms with Gasteiger partial charge < -0.3 is 16.0 Å². The monoisotopic (exact) mass is 438 g/mol. The molecule has 0 unspecified atom stereocenters. The molecule has 3 N–H and O–H groups in total. The lowest BCUT2D eigenvalue weighted by atomic mass is 10.2. The Bertz CT molecular complexity index is 632. The Hall–Kier alpha value is -2.09. The average molecular weight is 438 g/mol. The first kappa shape index (κ1) is 20.0. The summed E-state index contributed by atoms with van der Waals surface area (Å²) < 4.78 is 0. The van der Waals surface area contributed by atoms with E-state index in [0.717, 1.165) is 0 Å². The van der Waals surface area contributed by atoms with Crippen molar-refractivity contribution in [3.63, 3.8) is 0 Å². The summed E-state index contributed by atoms with van der Waals surface area (Å²) in [4.78, 5) is 16.0. The molecule has 0 fully saturated rings. The summed E-state index contributed by atoms with van der Waals surface area (Å²) in [6.07, 6.45) is 0. The van der Waals surface area contributed by atoms with Crippen molar-refractivity contribution in [2.75, 3.05) is 20.1 Å². The van der Waals surface area contributed by atoms with Gasteiger partial charge in [0, 0.05) is 32.2 Å². The van der Waals surface area contributed by atoms with Gasteiger partial charge in [-0.2, -0.15) is 0 Å². The zero-order chi connectivity index (χ0) is 16.3. The molecule has 2 rings (SSSR count). The first-order valence-electron chi connectivity index (χ1n) is 7.61. The molecule has 1 amide bonds. The van der Waals surface area contributed by atoms with E-state index in [1.54, 1.807) is 19.2 Å². The van der Waals surface area contributed by atoms with Gasteiger partial charge in [-0.3, -0.25) is 9.79 Å². The summed E-state index contributed by atoms with van der Waals surface area (Å²) in [5.74, 6) is 0.641. The second-order valence-electron chi connectivity index (χ2n) is 4.96. The second kappa shape index (κ2) is 11.4. The highest BCUT2D eigenvalue weighted by Crippen LogP contribution is 1.97. The molecule has 5 nitrogen and oxygen atoms in total. The fourth-order valence-electron chi connectivity index (χ4n) is 2.05. The molecular weight excluding hydrogens is 415 g/mol. The molecule has 0 atom stereocenters. The van der Waals surface area contributed by atoms with Crippen LogP contribution in [0.25, 0.3) is 0 Å². The summed E-state index contributed by atoms with van der Waals surface area (Å²) >= 11 is 0. The maximum absolute atomic E-state index is 11.9. The van der Waals surface area contributed by atoms with Gasteiger partial charge in [0.05, 0.1) is 0 Å². The van der Waals surface area contributed by atoms with Gasteiger partial charge in [0.15, 0.2) is 5.96 Å². The van der Waals surface area contributed by atoms with E-state index in [1.165, 1.54) is 5.56 Å². The van der Waals surface area contributed by atoms with Crippen molar-refractivity contribution in [2.24, 2.45) is 4.99 Å². The molecule has 2 aromatic carbocycles. The molecule has 0 bridgehead atoms. The van der Waals surface area contributed by atoms with Gasteiger partial charge in [-0.25, -0.2) is 0 Å². The fraction of sp³-hybridized carbons (Fsp3) is 0.222. The molecule has 0 radical (unpaired) electrons. The first-order valence-corrected chi connectivity index (χ1v) is 7.61. The van der Waals surface area contributed by atoms with Crippen LogP contribution in [-0.2, 0) is 6.54 Å². The summed E-state index contributed by atoms with van der Waals surface area (Å²) in [6.45, 7) is 1.84. The van der Waals surface area contributed by atoms with Gasteiger partial charge in [0.2, 0.25) is 0 Å². The lowest BCUT2D eigenvalue weighted by Crippen LogP contribution is -2.41. The first-order chi connectivity index (χ1) is 11.3. The van der Waals surface area contributed by atoms with Crippen LogP contribution in [0.3, 0.4) is 0 Å². The van der Waals surface area contributed by atoms with E-state index in [4.69, 9.17) is 0 Å². The number of rotatable bonds is 6. The Labute approximate surface area is 160 Å². The number of aliphatic imine (C=N–C) groups is 1. The van der Waals surface area contributed by atoms with Crippen LogP contribution >= 0.6 is 24.0 Å². The van der Waals surface area contributed by atoms with Crippen LogP contribution in [-0.4, -0.2) is 32.0 Å². The molecule has 0 aliphatic carbocycles. The number of nitrogens with one attached hydrogen (secondary N) is 3. The molecular formula is C18H23IN4O. The van der Waals surface area contributed by atoms with E-state index >= 15 is 0 Å². The van der Waals surface area contributed by atoms with E-state index in [1.807, 2.05) is 36.4 Å². The molecule has 0 saturated heterocycles. The largest absolute Gasteiger partial charge is 0.355 e. The van der Waals surface area contributed by atoms with Crippen molar-refractivity contribution in [1.29, 1.82) is 0 Å². The molecule has 0 spiro atoms. The van der Waals surface area contributed by atoms with Gasteiger partial charge in [-0.1, -0.05) is 48.5 Å². The Morgan fingerprint density at radius 3 is 2.08 bits per heavy atom. The zero-order valence-corrected chi connectivity index (χ0v) is 16.0. The highest BCUT2D eigenvalue weighted by molar-refractivity contribution is 14.0. The number of hydrogen-bond acceptors (Lipinski definition) is 2. The fourth-order valence-corrected chi connectivity index (χ4v) is 2.05. The number of nitrogens with zero attached hydrogens (tertiary/aromatic N) is 1. The van der Waals surface area contributed by atoms with Crippen molar-refractivity contribution in [1.82, 2.24) is 16.0 Å². The minimum absolute atomic E-state index is 0. The molecule has 6 heteroatoms. The van der Waals surface area contributed by atoms with Gasteiger partial charge in [-0.15, -0.1) is 24.0 Å². The number of guanidine groups is 1. The summed E-state index contributed by atoms with van der Waals surface area (Å²) in [5, 5.41) is 9.27. The van der Waals surface area contributed by atoms with Crippen LogP contribution in [0.2, 0.25) is 0 Å². The van der Waals surface area contributed by atoms with E-state index < -0.39 is 0 Å². The van der Waals surface area contributed by atoms with E-state index in [-0.39, 0.29) is 29.9 Å². The van der Waals surface area contributed by atoms with Gasteiger partial charge in [0.25, 0.3) is 5.91 Å². The third-order valence-corrected chi connectivity index (χ3v) is 3.27. The van der Waals surface area contributed by atoms with Crippen molar-refractivity contribution in [3.05, 3.63) is 71.8 Å². The smallest absolute Gasteiger partial charge is 0.251 e. The van der Waals surface area contributed by atoms with Crippen molar-refractivity contribution >= 4 is 35.8 Å².